The number of imide groups is 1. The maximum absolute atomic E-state index is 13.7. The highest BCUT2D eigenvalue weighted by Crippen LogP contribution is 2.31. The molecule has 2 aliphatic rings. The summed E-state index contributed by atoms with van der Waals surface area (Å²) in [5, 5.41) is 0. The Morgan fingerprint density at radius 3 is 2.35 bits per heavy atom. The molecule has 4 rings (SSSR count). The first kappa shape index (κ1) is 24.2. The van der Waals surface area contributed by atoms with Gasteiger partial charge in [0, 0.05) is 6.54 Å². The van der Waals surface area contributed by atoms with Crippen molar-refractivity contribution in [1.29, 1.82) is 0 Å². The number of ether oxygens (including phenoxy) is 1. The van der Waals surface area contributed by atoms with E-state index in [1.807, 2.05) is 6.92 Å². The molecular weight excluding hydrogens is 452 g/mol. The van der Waals surface area contributed by atoms with E-state index < -0.39 is 27.9 Å². The van der Waals surface area contributed by atoms with Crippen LogP contribution < -0.4 is 9.64 Å². The van der Waals surface area contributed by atoms with Gasteiger partial charge in [-0.15, -0.1) is 0 Å². The molecule has 1 aliphatic heterocycles. The lowest BCUT2D eigenvalue weighted by atomic mass is 9.97. The second-order valence-electron chi connectivity index (χ2n) is 8.77. The lowest BCUT2D eigenvalue weighted by Crippen LogP contribution is -2.46. The smallest absolute Gasteiger partial charge is 0.252 e. The number of hydrogen-bond acceptors (Lipinski definition) is 5. The van der Waals surface area contributed by atoms with Gasteiger partial charge in [-0.05, 0) is 75.4 Å². The van der Waals surface area contributed by atoms with Crippen molar-refractivity contribution in [1.82, 2.24) is 4.31 Å². The van der Waals surface area contributed by atoms with E-state index >= 15 is 0 Å². The molecule has 0 N–H and O–H groups in total. The van der Waals surface area contributed by atoms with Crippen LogP contribution >= 0.6 is 0 Å². The third-order valence-electron chi connectivity index (χ3n) is 6.47. The number of benzene rings is 2. The Labute approximate surface area is 201 Å². The highest BCUT2D eigenvalue weighted by molar-refractivity contribution is 7.89. The van der Waals surface area contributed by atoms with Gasteiger partial charge in [0.1, 0.15) is 11.8 Å². The number of hydrogen-bond donors (Lipinski definition) is 0. The Kier molecular flexibility index (Phi) is 7.19. The van der Waals surface area contributed by atoms with Gasteiger partial charge in [-0.1, -0.05) is 29.3 Å². The Bertz CT molecular complexity index is 1190. The number of aryl methyl sites for hydroxylation is 1. The van der Waals surface area contributed by atoms with E-state index in [0.29, 0.717) is 17.9 Å². The Balaban J connectivity index is 1.65. The van der Waals surface area contributed by atoms with Crippen molar-refractivity contribution in [3.8, 4) is 5.75 Å². The summed E-state index contributed by atoms with van der Waals surface area (Å²) < 4.78 is 33.8. The molecule has 0 saturated carbocycles. The summed E-state index contributed by atoms with van der Waals surface area (Å²) in [7, 11) is -2.45. The Morgan fingerprint density at radius 2 is 1.74 bits per heavy atom. The zero-order valence-electron chi connectivity index (χ0n) is 19.6. The summed E-state index contributed by atoms with van der Waals surface area (Å²) in [5.41, 5.74) is 2.55. The number of amides is 2. The summed E-state index contributed by atoms with van der Waals surface area (Å²) in [5.74, 6) is -0.339. The van der Waals surface area contributed by atoms with Crippen LogP contribution in [0.5, 0.6) is 5.75 Å². The van der Waals surface area contributed by atoms with Gasteiger partial charge in [-0.25, -0.2) is 13.3 Å². The molecule has 2 aromatic rings. The first-order valence-electron chi connectivity index (χ1n) is 11.6. The number of carbonyl (C=O) groups excluding carboxylic acids is 2. The van der Waals surface area contributed by atoms with Gasteiger partial charge < -0.3 is 4.74 Å². The van der Waals surface area contributed by atoms with Crippen LogP contribution in [0.15, 0.2) is 65.1 Å². The quantitative estimate of drug-likeness (QED) is 0.416. The van der Waals surface area contributed by atoms with Crippen LogP contribution in [-0.2, 0) is 19.6 Å². The summed E-state index contributed by atoms with van der Waals surface area (Å²) in [6.45, 7) is 2.04. The average Bonchev–Trinajstić information content (AvgIpc) is 3.13. The fraction of sp³-hybridized carbons (Fsp3) is 0.385. The van der Waals surface area contributed by atoms with Gasteiger partial charge >= 0.3 is 0 Å². The van der Waals surface area contributed by atoms with E-state index in [1.165, 1.54) is 17.0 Å². The third-order valence-corrected chi connectivity index (χ3v) is 8.39. The van der Waals surface area contributed by atoms with Crippen molar-refractivity contribution in [2.24, 2.45) is 0 Å². The van der Waals surface area contributed by atoms with Gasteiger partial charge in [0.15, 0.2) is 0 Å². The number of rotatable bonds is 8. The number of sulfonamides is 1. The Morgan fingerprint density at radius 1 is 1.03 bits per heavy atom. The molecule has 1 heterocycles. The van der Waals surface area contributed by atoms with E-state index in [-0.39, 0.29) is 17.9 Å². The molecule has 0 radical (unpaired) electrons. The highest BCUT2D eigenvalue weighted by Gasteiger charge is 2.46. The fourth-order valence-corrected chi connectivity index (χ4v) is 6.10. The summed E-state index contributed by atoms with van der Waals surface area (Å²) in [6.07, 6.45) is 6.69. The zero-order chi connectivity index (χ0) is 24.3. The minimum Gasteiger partial charge on any atom is -0.497 e. The number of nitrogens with zero attached hydrogens (tertiary/aromatic N) is 2. The van der Waals surface area contributed by atoms with E-state index in [4.69, 9.17) is 4.74 Å². The average molecular weight is 483 g/mol. The molecule has 0 aromatic heterocycles. The molecule has 1 unspecified atom stereocenters. The van der Waals surface area contributed by atoms with Crippen LogP contribution in [0.2, 0.25) is 0 Å². The summed E-state index contributed by atoms with van der Waals surface area (Å²) >= 11 is 0. The van der Waals surface area contributed by atoms with Gasteiger partial charge in [0.25, 0.3) is 5.91 Å². The van der Waals surface area contributed by atoms with Gasteiger partial charge in [-0.2, -0.15) is 4.31 Å². The van der Waals surface area contributed by atoms with Gasteiger partial charge in [0.2, 0.25) is 15.9 Å². The van der Waals surface area contributed by atoms with Crippen molar-refractivity contribution in [3.05, 3.63) is 65.7 Å². The molecule has 2 amide bonds. The molecule has 7 nitrogen and oxygen atoms in total. The molecule has 1 fully saturated rings. The summed E-state index contributed by atoms with van der Waals surface area (Å²) in [4.78, 5) is 27.6. The van der Waals surface area contributed by atoms with Crippen molar-refractivity contribution in [3.63, 3.8) is 0 Å². The van der Waals surface area contributed by atoms with E-state index in [1.54, 1.807) is 48.5 Å². The second kappa shape index (κ2) is 10.1. The lowest BCUT2D eigenvalue weighted by molar-refractivity contribution is -0.122. The van der Waals surface area contributed by atoms with E-state index in [9.17, 15) is 18.0 Å². The molecule has 34 heavy (non-hydrogen) atoms. The topological polar surface area (TPSA) is 84.0 Å². The second-order valence-corrected chi connectivity index (χ2v) is 10.7. The van der Waals surface area contributed by atoms with Gasteiger partial charge in [-0.3, -0.25) is 9.59 Å². The molecule has 180 valence electrons. The number of carbonyl (C=O) groups is 2. The third kappa shape index (κ3) is 4.93. The standard InChI is InChI=1S/C26H30N2O5S/c1-19-8-14-23(15-9-19)34(31,32)27(17-16-20-6-4-3-5-7-20)24-18-25(29)28(26(24)30)21-10-12-22(33-2)13-11-21/h6,8-15,24H,3-5,7,16-18H2,1-2H3. The largest absolute Gasteiger partial charge is 0.497 e. The Hall–Kier alpha value is -2.97. The van der Waals surface area contributed by atoms with Crippen molar-refractivity contribution in [2.75, 3.05) is 18.6 Å². The van der Waals surface area contributed by atoms with Gasteiger partial charge in [0.05, 0.1) is 24.1 Å². The number of allylic oxidation sites excluding steroid dienone is 1. The molecule has 1 aliphatic carbocycles. The van der Waals surface area contributed by atoms with Crippen LogP contribution in [0.3, 0.4) is 0 Å². The SMILES string of the molecule is COc1ccc(N2C(=O)CC(N(CCC3=CCCCC3)S(=O)(=O)c3ccc(C)cc3)C2=O)cc1. The molecule has 0 spiro atoms. The predicted molar refractivity (Wildman–Crippen MR) is 130 cm³/mol. The normalized spacial score (nSPS) is 19.0. The van der Waals surface area contributed by atoms with E-state index in [2.05, 4.69) is 6.08 Å². The minimum absolute atomic E-state index is 0.124. The van der Waals surface area contributed by atoms with Crippen molar-refractivity contribution in [2.45, 2.75) is 56.4 Å². The minimum atomic E-state index is -3.99. The van der Waals surface area contributed by atoms with Crippen LogP contribution in [-0.4, -0.2) is 44.2 Å². The van der Waals surface area contributed by atoms with Crippen LogP contribution in [0.1, 0.15) is 44.1 Å². The molecule has 0 bridgehead atoms. The van der Waals surface area contributed by atoms with Crippen LogP contribution in [0, 0.1) is 6.92 Å². The first-order valence-corrected chi connectivity index (χ1v) is 13.0. The maximum atomic E-state index is 13.7. The highest BCUT2D eigenvalue weighted by atomic mass is 32.2. The monoisotopic (exact) mass is 482 g/mol. The zero-order valence-corrected chi connectivity index (χ0v) is 20.4. The van der Waals surface area contributed by atoms with Crippen molar-refractivity contribution >= 4 is 27.5 Å². The maximum Gasteiger partial charge on any atom is 0.252 e. The van der Waals surface area contributed by atoms with E-state index in [0.717, 1.165) is 36.1 Å². The molecule has 2 aromatic carbocycles. The molecule has 1 atom stereocenters. The van der Waals surface area contributed by atoms with Crippen LogP contribution in [0.25, 0.3) is 0 Å². The summed E-state index contributed by atoms with van der Waals surface area (Å²) in [6, 6.07) is 12.1. The lowest BCUT2D eigenvalue weighted by Gasteiger charge is -2.28. The number of anilines is 1. The van der Waals surface area contributed by atoms with Crippen molar-refractivity contribution < 1.29 is 22.7 Å². The van der Waals surface area contributed by atoms with Crippen LogP contribution in [0.4, 0.5) is 5.69 Å². The fourth-order valence-electron chi connectivity index (χ4n) is 4.52. The number of methoxy groups -OCH3 is 1. The molecular formula is C26H30N2O5S. The molecule has 1 saturated heterocycles. The molecule has 8 heteroatoms. The predicted octanol–water partition coefficient (Wildman–Crippen LogP) is 4.22. The first-order chi connectivity index (χ1) is 16.3.